The predicted molar refractivity (Wildman–Crippen MR) is 60.0 cm³/mol. The van der Waals surface area contributed by atoms with Crippen LogP contribution in [0.15, 0.2) is 21.9 Å². The van der Waals surface area contributed by atoms with Crippen molar-refractivity contribution in [3.63, 3.8) is 0 Å². The number of anilines is 1. The molecule has 0 saturated carbocycles. The van der Waals surface area contributed by atoms with E-state index in [4.69, 9.17) is 4.42 Å². The molecule has 0 amide bonds. The van der Waals surface area contributed by atoms with E-state index in [0.29, 0.717) is 11.9 Å². The topological polar surface area (TPSA) is 51.0 Å². The Morgan fingerprint density at radius 2 is 2.33 bits per heavy atom. The highest BCUT2D eigenvalue weighted by Gasteiger charge is 2.08. The molecule has 0 unspecified atom stereocenters. The molecule has 2 heterocycles. The summed E-state index contributed by atoms with van der Waals surface area (Å²) in [5, 5.41) is 13.0. The lowest BCUT2D eigenvalue weighted by Gasteiger charge is -1.98. The van der Waals surface area contributed by atoms with Crippen molar-refractivity contribution >= 4 is 17.4 Å². The molecule has 0 saturated heterocycles. The van der Waals surface area contributed by atoms with Gasteiger partial charge in [0.25, 0.3) is 0 Å². The van der Waals surface area contributed by atoms with Crippen molar-refractivity contribution in [3.8, 4) is 0 Å². The number of nitrogens with one attached hydrogen (secondary N) is 1. The lowest BCUT2D eigenvalue weighted by atomic mass is 10.2. The predicted octanol–water partition coefficient (Wildman–Crippen LogP) is 2.87. The highest BCUT2D eigenvalue weighted by atomic mass is 32.1. The Balaban J connectivity index is 1.94. The minimum Gasteiger partial charge on any atom is -0.408 e. The van der Waals surface area contributed by atoms with Gasteiger partial charge >= 0.3 is 6.01 Å². The van der Waals surface area contributed by atoms with Crippen LogP contribution < -0.4 is 5.32 Å². The molecule has 0 aliphatic rings. The molecule has 0 bridgehead atoms. The first kappa shape index (κ1) is 10.2. The SMILES string of the molecule is CC(C)c1nnc(NCc2cccs2)o1. The highest BCUT2D eigenvalue weighted by Crippen LogP contribution is 2.16. The van der Waals surface area contributed by atoms with Crippen LogP contribution in [0.25, 0.3) is 0 Å². The Labute approximate surface area is 92.3 Å². The molecule has 80 valence electrons. The first-order valence-corrected chi connectivity index (χ1v) is 5.73. The Kier molecular flexibility index (Phi) is 3.01. The maximum atomic E-state index is 5.41. The summed E-state index contributed by atoms with van der Waals surface area (Å²) in [6.45, 7) is 4.78. The number of rotatable bonds is 4. The molecule has 1 N–H and O–H groups in total. The number of aromatic nitrogens is 2. The monoisotopic (exact) mass is 223 g/mol. The first-order valence-electron chi connectivity index (χ1n) is 4.85. The normalized spacial score (nSPS) is 10.9. The Bertz CT molecular complexity index is 408. The van der Waals surface area contributed by atoms with Crippen molar-refractivity contribution < 1.29 is 4.42 Å². The van der Waals surface area contributed by atoms with E-state index >= 15 is 0 Å². The van der Waals surface area contributed by atoms with Crippen molar-refractivity contribution in [1.29, 1.82) is 0 Å². The zero-order valence-corrected chi connectivity index (χ0v) is 9.54. The van der Waals surface area contributed by atoms with Gasteiger partial charge in [0, 0.05) is 10.8 Å². The minimum absolute atomic E-state index is 0.273. The molecule has 5 heteroatoms. The van der Waals surface area contributed by atoms with E-state index in [0.717, 1.165) is 6.54 Å². The van der Waals surface area contributed by atoms with Gasteiger partial charge in [-0.15, -0.1) is 16.4 Å². The van der Waals surface area contributed by atoms with Crippen LogP contribution in [-0.4, -0.2) is 10.2 Å². The molecule has 2 aromatic rings. The molecule has 0 aromatic carbocycles. The van der Waals surface area contributed by atoms with E-state index in [2.05, 4.69) is 21.6 Å². The summed E-state index contributed by atoms with van der Waals surface area (Å²) in [6, 6.07) is 4.58. The van der Waals surface area contributed by atoms with E-state index < -0.39 is 0 Å². The van der Waals surface area contributed by atoms with Crippen molar-refractivity contribution in [2.24, 2.45) is 0 Å². The van der Waals surface area contributed by atoms with Gasteiger partial charge in [-0.2, -0.15) is 0 Å². The van der Waals surface area contributed by atoms with Crippen LogP contribution in [0.1, 0.15) is 30.5 Å². The summed E-state index contributed by atoms with van der Waals surface area (Å²) in [5.74, 6) is 0.943. The number of nitrogens with zero attached hydrogens (tertiary/aromatic N) is 2. The third-order valence-corrected chi connectivity index (χ3v) is 2.80. The van der Waals surface area contributed by atoms with Crippen molar-refractivity contribution in [2.75, 3.05) is 5.32 Å². The average Bonchev–Trinajstić information content (AvgIpc) is 2.86. The first-order chi connectivity index (χ1) is 7.25. The van der Waals surface area contributed by atoms with E-state index in [1.807, 2.05) is 25.3 Å². The molecule has 0 aliphatic carbocycles. The molecule has 2 rings (SSSR count). The second kappa shape index (κ2) is 4.44. The summed E-state index contributed by atoms with van der Waals surface area (Å²) >= 11 is 1.70. The van der Waals surface area contributed by atoms with Crippen molar-refractivity contribution in [3.05, 3.63) is 28.3 Å². The van der Waals surface area contributed by atoms with E-state index in [1.54, 1.807) is 11.3 Å². The van der Waals surface area contributed by atoms with E-state index in [-0.39, 0.29) is 5.92 Å². The van der Waals surface area contributed by atoms with Crippen LogP contribution in [0.4, 0.5) is 6.01 Å². The van der Waals surface area contributed by atoms with Gasteiger partial charge in [0.1, 0.15) is 0 Å². The third-order valence-electron chi connectivity index (χ3n) is 1.93. The fourth-order valence-electron chi connectivity index (χ4n) is 1.12. The Morgan fingerprint density at radius 3 is 2.93 bits per heavy atom. The van der Waals surface area contributed by atoms with Crippen LogP contribution >= 0.6 is 11.3 Å². The largest absolute Gasteiger partial charge is 0.408 e. The van der Waals surface area contributed by atoms with Gasteiger partial charge in [-0.25, -0.2) is 0 Å². The second-order valence-corrected chi connectivity index (χ2v) is 4.57. The molecule has 4 nitrogen and oxygen atoms in total. The molecule has 0 fully saturated rings. The molecule has 0 radical (unpaired) electrons. The fraction of sp³-hybridized carbons (Fsp3) is 0.400. The van der Waals surface area contributed by atoms with Crippen LogP contribution in [0.2, 0.25) is 0 Å². The van der Waals surface area contributed by atoms with Crippen LogP contribution in [0.5, 0.6) is 0 Å². The number of thiophene rings is 1. The summed E-state index contributed by atoms with van der Waals surface area (Å²) in [4.78, 5) is 1.25. The van der Waals surface area contributed by atoms with E-state index in [1.165, 1.54) is 4.88 Å². The van der Waals surface area contributed by atoms with E-state index in [9.17, 15) is 0 Å². The Morgan fingerprint density at radius 1 is 1.47 bits per heavy atom. The van der Waals surface area contributed by atoms with Crippen LogP contribution in [0.3, 0.4) is 0 Å². The van der Waals surface area contributed by atoms with Crippen LogP contribution in [-0.2, 0) is 6.54 Å². The molecular weight excluding hydrogens is 210 g/mol. The van der Waals surface area contributed by atoms with Gasteiger partial charge in [-0.1, -0.05) is 25.0 Å². The number of hydrogen-bond acceptors (Lipinski definition) is 5. The zero-order valence-electron chi connectivity index (χ0n) is 8.73. The molecular formula is C10H13N3OS. The van der Waals surface area contributed by atoms with Gasteiger partial charge in [0.2, 0.25) is 5.89 Å². The van der Waals surface area contributed by atoms with Gasteiger partial charge in [-0.05, 0) is 11.4 Å². The molecule has 0 aliphatic heterocycles. The summed E-state index contributed by atoms with van der Waals surface area (Å²) in [5.41, 5.74) is 0. The van der Waals surface area contributed by atoms with Gasteiger partial charge in [0.15, 0.2) is 0 Å². The summed E-state index contributed by atoms with van der Waals surface area (Å²) in [6.07, 6.45) is 0. The number of hydrogen-bond donors (Lipinski definition) is 1. The second-order valence-electron chi connectivity index (χ2n) is 3.53. The maximum Gasteiger partial charge on any atom is 0.315 e. The van der Waals surface area contributed by atoms with Crippen molar-refractivity contribution in [1.82, 2.24) is 10.2 Å². The molecule has 0 spiro atoms. The lowest BCUT2D eigenvalue weighted by molar-refractivity contribution is 0.480. The molecule has 2 aromatic heterocycles. The average molecular weight is 223 g/mol. The third kappa shape index (κ3) is 2.56. The molecule has 0 atom stereocenters. The minimum atomic E-state index is 0.273. The van der Waals surface area contributed by atoms with Gasteiger partial charge in [-0.3, -0.25) is 0 Å². The van der Waals surface area contributed by atoms with Gasteiger partial charge < -0.3 is 9.73 Å². The smallest absolute Gasteiger partial charge is 0.315 e. The fourth-order valence-corrected chi connectivity index (χ4v) is 1.76. The van der Waals surface area contributed by atoms with Crippen molar-refractivity contribution in [2.45, 2.75) is 26.3 Å². The highest BCUT2D eigenvalue weighted by molar-refractivity contribution is 7.09. The lowest BCUT2D eigenvalue weighted by Crippen LogP contribution is -1.97. The zero-order chi connectivity index (χ0) is 10.7. The maximum absolute atomic E-state index is 5.41. The standard InChI is InChI=1S/C10H13N3OS/c1-7(2)9-12-13-10(14-9)11-6-8-4-3-5-15-8/h3-5,7H,6H2,1-2H3,(H,11,13). The molecule has 15 heavy (non-hydrogen) atoms. The summed E-state index contributed by atoms with van der Waals surface area (Å²) in [7, 11) is 0. The quantitative estimate of drug-likeness (QED) is 0.866. The van der Waals surface area contributed by atoms with Gasteiger partial charge in [0.05, 0.1) is 6.54 Å². The Hall–Kier alpha value is -1.36. The summed E-state index contributed by atoms with van der Waals surface area (Å²) < 4.78 is 5.41. The van der Waals surface area contributed by atoms with Crippen LogP contribution in [0, 0.1) is 0 Å².